The van der Waals surface area contributed by atoms with Gasteiger partial charge in [0.2, 0.25) is 0 Å². The van der Waals surface area contributed by atoms with Crippen LogP contribution in [0.3, 0.4) is 0 Å². The first-order chi connectivity index (χ1) is 12.9. The Labute approximate surface area is 161 Å². The number of benzene rings is 1. The number of hydrogen-bond donors (Lipinski definition) is 0. The molecule has 0 unspecified atom stereocenters. The monoisotopic (exact) mass is 364 g/mol. The summed E-state index contributed by atoms with van der Waals surface area (Å²) in [7, 11) is 1.87. The summed E-state index contributed by atoms with van der Waals surface area (Å²) in [6.07, 6.45) is 4.78. The van der Waals surface area contributed by atoms with E-state index in [2.05, 4.69) is 32.8 Å². The van der Waals surface area contributed by atoms with Crippen LogP contribution in [0.2, 0.25) is 0 Å². The fourth-order valence-electron chi connectivity index (χ4n) is 3.01. The van der Waals surface area contributed by atoms with E-state index in [0.717, 1.165) is 35.1 Å². The van der Waals surface area contributed by atoms with Crippen LogP contribution in [0.4, 0.5) is 0 Å². The van der Waals surface area contributed by atoms with Crippen molar-refractivity contribution in [2.75, 3.05) is 13.6 Å². The van der Waals surface area contributed by atoms with Gasteiger partial charge in [-0.25, -0.2) is 4.98 Å². The van der Waals surface area contributed by atoms with Crippen LogP contribution in [0.25, 0.3) is 22.2 Å². The number of carbonyl (C=O) groups is 1. The highest BCUT2D eigenvalue weighted by molar-refractivity contribution is 6.07. The van der Waals surface area contributed by atoms with E-state index in [-0.39, 0.29) is 11.9 Å². The Kier molecular flexibility index (Phi) is 5.59. The number of fused-ring (bicyclic) bond motifs is 1. The van der Waals surface area contributed by atoms with Crippen LogP contribution in [0, 0.1) is 5.92 Å². The maximum atomic E-state index is 13.1. The standard InChI is InChI=1S/C22H28N4O/c1-15(2)10-11-25(5)22(27)19-12-21(17-13-23-26(14-17)16(3)4)24-20-9-7-6-8-18(19)20/h6-9,12-16H,10-11H2,1-5H3. The number of nitrogens with zero attached hydrogens (tertiary/aromatic N) is 4. The number of carbonyl (C=O) groups excluding carboxylic acids is 1. The molecule has 5 nitrogen and oxygen atoms in total. The summed E-state index contributed by atoms with van der Waals surface area (Å²) in [6, 6.07) is 10.0. The highest BCUT2D eigenvalue weighted by Gasteiger charge is 2.18. The minimum Gasteiger partial charge on any atom is -0.342 e. The van der Waals surface area contributed by atoms with Crippen molar-refractivity contribution in [2.24, 2.45) is 5.92 Å². The zero-order chi connectivity index (χ0) is 19.6. The molecule has 1 aromatic carbocycles. The molecule has 1 amide bonds. The van der Waals surface area contributed by atoms with Crippen LogP contribution in [0.1, 0.15) is 50.5 Å². The predicted octanol–water partition coefficient (Wildman–Crippen LogP) is 4.80. The van der Waals surface area contributed by atoms with Crippen molar-refractivity contribution >= 4 is 16.8 Å². The van der Waals surface area contributed by atoms with Crippen molar-refractivity contribution < 1.29 is 4.79 Å². The maximum absolute atomic E-state index is 13.1. The first-order valence-electron chi connectivity index (χ1n) is 9.56. The lowest BCUT2D eigenvalue weighted by Gasteiger charge is -2.19. The van der Waals surface area contributed by atoms with Crippen LogP contribution in [0.15, 0.2) is 42.7 Å². The fraction of sp³-hybridized carbons (Fsp3) is 0.409. The molecule has 0 spiro atoms. The normalized spacial score (nSPS) is 11.5. The highest BCUT2D eigenvalue weighted by Crippen LogP contribution is 2.26. The SMILES string of the molecule is CC(C)CCN(C)C(=O)c1cc(-c2cnn(C(C)C)c2)nc2ccccc12. The van der Waals surface area contributed by atoms with Gasteiger partial charge in [0, 0.05) is 36.8 Å². The van der Waals surface area contributed by atoms with E-state index in [0.29, 0.717) is 11.5 Å². The van der Waals surface area contributed by atoms with Gasteiger partial charge in [-0.3, -0.25) is 9.48 Å². The van der Waals surface area contributed by atoms with E-state index in [1.807, 2.05) is 59.4 Å². The lowest BCUT2D eigenvalue weighted by atomic mass is 10.0. The Morgan fingerprint density at radius 1 is 1.19 bits per heavy atom. The van der Waals surface area contributed by atoms with E-state index >= 15 is 0 Å². The van der Waals surface area contributed by atoms with Crippen molar-refractivity contribution in [3.63, 3.8) is 0 Å². The molecule has 0 radical (unpaired) electrons. The molecule has 142 valence electrons. The second kappa shape index (κ2) is 7.91. The van der Waals surface area contributed by atoms with Crippen molar-refractivity contribution in [1.29, 1.82) is 0 Å². The van der Waals surface area contributed by atoms with E-state index in [1.54, 1.807) is 0 Å². The van der Waals surface area contributed by atoms with Gasteiger partial charge in [0.15, 0.2) is 0 Å². The van der Waals surface area contributed by atoms with Gasteiger partial charge in [-0.05, 0) is 38.3 Å². The van der Waals surface area contributed by atoms with Gasteiger partial charge in [0.05, 0.1) is 23.0 Å². The van der Waals surface area contributed by atoms with Crippen molar-refractivity contribution in [1.82, 2.24) is 19.7 Å². The molecule has 0 aliphatic rings. The van der Waals surface area contributed by atoms with E-state index in [1.165, 1.54) is 0 Å². The second-order valence-corrected chi connectivity index (χ2v) is 7.78. The first-order valence-corrected chi connectivity index (χ1v) is 9.56. The number of hydrogen-bond acceptors (Lipinski definition) is 3. The third-order valence-electron chi connectivity index (χ3n) is 4.76. The lowest BCUT2D eigenvalue weighted by Crippen LogP contribution is -2.28. The molecule has 3 rings (SSSR count). The predicted molar refractivity (Wildman–Crippen MR) is 110 cm³/mol. The summed E-state index contributed by atoms with van der Waals surface area (Å²) in [5.74, 6) is 0.596. The Hall–Kier alpha value is -2.69. The van der Waals surface area contributed by atoms with Crippen molar-refractivity contribution in [3.8, 4) is 11.3 Å². The van der Waals surface area contributed by atoms with Crippen molar-refractivity contribution in [3.05, 3.63) is 48.3 Å². The van der Waals surface area contributed by atoms with Gasteiger partial charge in [0.25, 0.3) is 5.91 Å². The fourth-order valence-corrected chi connectivity index (χ4v) is 3.01. The average molecular weight is 364 g/mol. The number of para-hydroxylation sites is 1. The van der Waals surface area contributed by atoms with E-state index in [4.69, 9.17) is 4.98 Å². The molecule has 0 aliphatic heterocycles. The number of aromatic nitrogens is 3. The average Bonchev–Trinajstić information content (AvgIpc) is 3.15. The second-order valence-electron chi connectivity index (χ2n) is 7.78. The van der Waals surface area contributed by atoms with E-state index in [9.17, 15) is 4.79 Å². The molecular weight excluding hydrogens is 336 g/mol. The number of pyridine rings is 1. The smallest absolute Gasteiger partial charge is 0.254 e. The molecular formula is C22H28N4O. The molecule has 0 aliphatic carbocycles. The molecule has 2 aromatic heterocycles. The Balaban J connectivity index is 2.04. The molecule has 2 heterocycles. The van der Waals surface area contributed by atoms with Crippen molar-refractivity contribution in [2.45, 2.75) is 40.2 Å². The van der Waals surface area contributed by atoms with Crippen LogP contribution >= 0.6 is 0 Å². The quantitative estimate of drug-likeness (QED) is 0.631. The Morgan fingerprint density at radius 2 is 1.93 bits per heavy atom. The zero-order valence-corrected chi connectivity index (χ0v) is 16.8. The molecule has 3 aromatic rings. The Bertz CT molecular complexity index is 942. The molecule has 0 fully saturated rings. The summed E-state index contributed by atoms with van der Waals surface area (Å²) in [6.45, 7) is 9.26. The summed E-state index contributed by atoms with van der Waals surface area (Å²) < 4.78 is 1.91. The largest absolute Gasteiger partial charge is 0.342 e. The molecule has 0 bridgehead atoms. The number of amides is 1. The van der Waals surface area contributed by atoms with Crippen LogP contribution in [-0.2, 0) is 0 Å². The zero-order valence-electron chi connectivity index (χ0n) is 16.8. The summed E-state index contributed by atoms with van der Waals surface area (Å²) in [5.41, 5.74) is 3.22. The van der Waals surface area contributed by atoms with Crippen LogP contribution in [0.5, 0.6) is 0 Å². The minimum absolute atomic E-state index is 0.0340. The Morgan fingerprint density at radius 3 is 2.59 bits per heavy atom. The highest BCUT2D eigenvalue weighted by atomic mass is 16.2. The summed E-state index contributed by atoms with van der Waals surface area (Å²) in [5, 5.41) is 5.30. The van der Waals surface area contributed by atoms with Gasteiger partial charge < -0.3 is 4.90 Å². The number of rotatable bonds is 6. The lowest BCUT2D eigenvalue weighted by molar-refractivity contribution is 0.0791. The van der Waals surface area contributed by atoms with Gasteiger partial charge >= 0.3 is 0 Å². The molecule has 0 N–H and O–H groups in total. The molecule has 27 heavy (non-hydrogen) atoms. The third-order valence-corrected chi connectivity index (χ3v) is 4.76. The van der Waals surface area contributed by atoms with Gasteiger partial charge in [-0.2, -0.15) is 5.10 Å². The topological polar surface area (TPSA) is 51.0 Å². The van der Waals surface area contributed by atoms with Gasteiger partial charge in [-0.15, -0.1) is 0 Å². The third kappa shape index (κ3) is 4.18. The van der Waals surface area contributed by atoms with Gasteiger partial charge in [-0.1, -0.05) is 32.0 Å². The summed E-state index contributed by atoms with van der Waals surface area (Å²) in [4.78, 5) is 19.7. The molecule has 0 saturated heterocycles. The van der Waals surface area contributed by atoms with Gasteiger partial charge in [0.1, 0.15) is 0 Å². The molecule has 0 atom stereocenters. The maximum Gasteiger partial charge on any atom is 0.254 e. The molecule has 0 saturated carbocycles. The van der Waals surface area contributed by atoms with E-state index < -0.39 is 0 Å². The first kappa shape index (κ1) is 19.1. The van der Waals surface area contributed by atoms with Crippen LogP contribution in [-0.4, -0.2) is 39.2 Å². The molecule has 5 heteroatoms. The van der Waals surface area contributed by atoms with Crippen LogP contribution < -0.4 is 0 Å². The summed E-state index contributed by atoms with van der Waals surface area (Å²) >= 11 is 0. The minimum atomic E-state index is 0.0340.